The number of hydrogen-bond donors (Lipinski definition) is 3. The van der Waals surface area contributed by atoms with E-state index in [9.17, 15) is 14.4 Å². The summed E-state index contributed by atoms with van der Waals surface area (Å²) in [6.45, 7) is 1.68. The van der Waals surface area contributed by atoms with Gasteiger partial charge in [-0.2, -0.15) is 0 Å². The summed E-state index contributed by atoms with van der Waals surface area (Å²) in [7, 11) is 4.41. The van der Waals surface area contributed by atoms with E-state index in [0.717, 1.165) is 4.57 Å². The van der Waals surface area contributed by atoms with E-state index in [1.165, 1.54) is 38.0 Å². The first-order valence-electron chi connectivity index (χ1n) is 10.7. The normalized spacial score (nSPS) is 17.5. The molecule has 1 aliphatic rings. The maximum atomic E-state index is 13.6. The van der Waals surface area contributed by atoms with Gasteiger partial charge in [-0.25, -0.2) is 14.8 Å². The molecule has 3 N–H and O–H groups in total. The zero-order chi connectivity index (χ0) is 24.4. The summed E-state index contributed by atoms with van der Waals surface area (Å²) in [5.74, 6) is 0.753. The molecule has 180 valence electrons. The molecule has 11 heteroatoms. The number of hydrogen-bond acceptors (Lipinski definition) is 8. The molecule has 1 aromatic heterocycles. The lowest BCUT2D eigenvalue weighted by atomic mass is 10.2. The van der Waals surface area contributed by atoms with E-state index in [0.29, 0.717) is 29.4 Å². The molecule has 34 heavy (non-hydrogen) atoms. The lowest BCUT2D eigenvalue weighted by Gasteiger charge is -2.18. The highest BCUT2D eigenvalue weighted by atomic mass is 16.5. The van der Waals surface area contributed by atoms with Crippen LogP contribution in [0, 0.1) is 0 Å². The van der Waals surface area contributed by atoms with Gasteiger partial charge >= 0.3 is 5.69 Å². The fourth-order valence-corrected chi connectivity index (χ4v) is 4.02. The molecule has 11 nitrogen and oxygen atoms in total. The molecule has 2 atom stereocenters. The number of hydrazine groups is 1. The van der Waals surface area contributed by atoms with Crippen LogP contribution in [0.15, 0.2) is 46.0 Å². The molecule has 3 aromatic rings. The van der Waals surface area contributed by atoms with Crippen LogP contribution in [0.5, 0.6) is 17.2 Å². The molecule has 0 aliphatic carbocycles. The molecular formula is C23H27N5O6. The molecule has 1 amide bonds. The first kappa shape index (κ1) is 23.3. The summed E-state index contributed by atoms with van der Waals surface area (Å²) >= 11 is 0. The van der Waals surface area contributed by atoms with E-state index < -0.39 is 11.2 Å². The fraction of sp³-hybridized carbons (Fsp3) is 0.348. The molecule has 0 radical (unpaired) electrons. The van der Waals surface area contributed by atoms with Crippen LogP contribution in [0.3, 0.4) is 0 Å². The Morgan fingerprint density at radius 3 is 2.44 bits per heavy atom. The Labute approximate surface area is 195 Å². The Morgan fingerprint density at radius 2 is 1.79 bits per heavy atom. The van der Waals surface area contributed by atoms with Gasteiger partial charge in [-0.15, -0.1) is 0 Å². The van der Waals surface area contributed by atoms with Gasteiger partial charge in [0.05, 0.1) is 44.1 Å². The average Bonchev–Trinajstić information content (AvgIpc) is 3.25. The van der Waals surface area contributed by atoms with Crippen molar-refractivity contribution >= 4 is 16.8 Å². The lowest BCUT2D eigenvalue weighted by molar-refractivity contribution is -0.122. The number of ether oxygens (including phenoxy) is 3. The standard InChI is InChI=1S/C23H27N5O6/c1-13-8-20(26-25-13)24-21(29)12-27-17-11-19(34-4)18(33-3)10-16(17)22(30)28(23(27)31)14-6-5-7-15(9-14)32-2/h5-7,9-11,13,20,25-26H,8,12H2,1-4H3,(H,24,29). The highest BCUT2D eigenvalue weighted by Crippen LogP contribution is 2.30. The van der Waals surface area contributed by atoms with Crippen molar-refractivity contribution in [3.8, 4) is 22.9 Å². The highest BCUT2D eigenvalue weighted by molar-refractivity contribution is 5.85. The second-order valence-electron chi connectivity index (χ2n) is 7.98. The van der Waals surface area contributed by atoms with Crippen LogP contribution >= 0.6 is 0 Å². The lowest BCUT2D eigenvalue weighted by Crippen LogP contribution is -2.47. The number of benzene rings is 2. The minimum Gasteiger partial charge on any atom is -0.497 e. The monoisotopic (exact) mass is 469 g/mol. The zero-order valence-electron chi connectivity index (χ0n) is 19.4. The Kier molecular flexibility index (Phi) is 6.57. The predicted molar refractivity (Wildman–Crippen MR) is 126 cm³/mol. The summed E-state index contributed by atoms with van der Waals surface area (Å²) in [6.07, 6.45) is 0.416. The minimum absolute atomic E-state index is 0.195. The Morgan fingerprint density at radius 1 is 1.06 bits per heavy atom. The third-order valence-corrected chi connectivity index (χ3v) is 5.69. The number of nitrogens with zero attached hydrogens (tertiary/aromatic N) is 2. The van der Waals surface area contributed by atoms with E-state index in [4.69, 9.17) is 14.2 Å². The van der Waals surface area contributed by atoms with Crippen LogP contribution in [0.2, 0.25) is 0 Å². The average molecular weight is 469 g/mol. The number of carbonyl (C=O) groups excluding carboxylic acids is 1. The van der Waals surface area contributed by atoms with E-state index in [-0.39, 0.29) is 35.6 Å². The molecule has 4 rings (SSSR count). The van der Waals surface area contributed by atoms with Crippen molar-refractivity contribution in [1.29, 1.82) is 0 Å². The highest BCUT2D eigenvalue weighted by Gasteiger charge is 2.24. The van der Waals surface area contributed by atoms with Crippen molar-refractivity contribution in [2.75, 3.05) is 21.3 Å². The third-order valence-electron chi connectivity index (χ3n) is 5.69. The Balaban J connectivity index is 1.90. The molecule has 1 aliphatic heterocycles. The van der Waals surface area contributed by atoms with Crippen LogP contribution < -0.4 is 41.6 Å². The number of carbonyl (C=O) groups is 1. The number of nitrogens with one attached hydrogen (secondary N) is 3. The first-order valence-corrected chi connectivity index (χ1v) is 10.7. The third kappa shape index (κ3) is 4.35. The fourth-order valence-electron chi connectivity index (χ4n) is 4.02. The van der Waals surface area contributed by atoms with Crippen molar-refractivity contribution in [3.05, 3.63) is 57.2 Å². The van der Waals surface area contributed by atoms with Gasteiger partial charge in [0.15, 0.2) is 11.5 Å². The van der Waals surface area contributed by atoms with Crippen LogP contribution in [-0.2, 0) is 11.3 Å². The van der Waals surface area contributed by atoms with Crippen molar-refractivity contribution in [3.63, 3.8) is 0 Å². The van der Waals surface area contributed by atoms with Crippen molar-refractivity contribution in [2.24, 2.45) is 0 Å². The van der Waals surface area contributed by atoms with Crippen LogP contribution in [0.4, 0.5) is 0 Å². The van der Waals surface area contributed by atoms with Crippen LogP contribution in [-0.4, -0.2) is 48.6 Å². The summed E-state index contributed by atoms with van der Waals surface area (Å²) < 4.78 is 18.2. The van der Waals surface area contributed by atoms with E-state index in [2.05, 4.69) is 16.2 Å². The van der Waals surface area contributed by atoms with Crippen molar-refractivity contribution < 1.29 is 19.0 Å². The van der Waals surface area contributed by atoms with Crippen molar-refractivity contribution in [1.82, 2.24) is 25.3 Å². The van der Waals surface area contributed by atoms with Gasteiger partial charge < -0.3 is 19.5 Å². The van der Waals surface area contributed by atoms with Gasteiger partial charge in [-0.05, 0) is 31.5 Å². The predicted octanol–water partition coefficient (Wildman–Crippen LogP) is 0.507. The Hall–Kier alpha value is -3.83. The summed E-state index contributed by atoms with van der Waals surface area (Å²) in [6, 6.07) is 9.81. The van der Waals surface area contributed by atoms with Gasteiger partial charge in [0.2, 0.25) is 5.91 Å². The molecule has 0 bridgehead atoms. The maximum Gasteiger partial charge on any atom is 0.336 e. The molecule has 2 unspecified atom stereocenters. The zero-order valence-corrected chi connectivity index (χ0v) is 19.4. The van der Waals surface area contributed by atoms with Crippen LogP contribution in [0.25, 0.3) is 16.6 Å². The van der Waals surface area contributed by atoms with Gasteiger partial charge in [0.1, 0.15) is 12.3 Å². The molecule has 1 fully saturated rings. The largest absolute Gasteiger partial charge is 0.497 e. The summed E-state index contributed by atoms with van der Waals surface area (Å²) in [5, 5.41) is 3.05. The number of rotatable bonds is 7. The molecule has 2 aromatic carbocycles. The van der Waals surface area contributed by atoms with Crippen molar-refractivity contribution in [2.45, 2.75) is 32.1 Å². The second kappa shape index (κ2) is 9.57. The molecule has 1 saturated heterocycles. The summed E-state index contributed by atoms with van der Waals surface area (Å²) in [5.41, 5.74) is 5.38. The van der Waals surface area contributed by atoms with E-state index in [1.807, 2.05) is 6.92 Å². The van der Waals surface area contributed by atoms with Gasteiger partial charge in [0, 0.05) is 18.2 Å². The quantitative estimate of drug-likeness (QED) is 0.457. The number of methoxy groups -OCH3 is 3. The van der Waals surface area contributed by atoms with Gasteiger partial charge in [-0.3, -0.25) is 19.6 Å². The van der Waals surface area contributed by atoms with E-state index in [1.54, 1.807) is 24.3 Å². The molecule has 0 spiro atoms. The number of aromatic nitrogens is 2. The topological polar surface area (TPSA) is 125 Å². The minimum atomic E-state index is -0.668. The molecule has 0 saturated carbocycles. The SMILES string of the molecule is COc1cccc(-n2c(=O)c3cc(OC)c(OC)cc3n(CC(=O)NC3CC(C)NN3)c2=O)c1. The van der Waals surface area contributed by atoms with E-state index >= 15 is 0 Å². The van der Waals surface area contributed by atoms with Gasteiger partial charge in [-0.1, -0.05) is 6.07 Å². The number of fused-ring (bicyclic) bond motifs is 1. The smallest absolute Gasteiger partial charge is 0.336 e. The summed E-state index contributed by atoms with van der Waals surface area (Å²) in [4.78, 5) is 39.9. The molecular weight excluding hydrogens is 442 g/mol. The second-order valence-corrected chi connectivity index (χ2v) is 7.98. The number of amides is 1. The van der Waals surface area contributed by atoms with Crippen LogP contribution in [0.1, 0.15) is 13.3 Å². The maximum absolute atomic E-state index is 13.6. The molecule has 2 heterocycles. The Bertz CT molecular complexity index is 1350. The first-order chi connectivity index (χ1) is 16.4. The van der Waals surface area contributed by atoms with Gasteiger partial charge in [0.25, 0.3) is 5.56 Å².